The van der Waals surface area contributed by atoms with Crippen LogP contribution in [0.3, 0.4) is 0 Å². The van der Waals surface area contributed by atoms with Crippen LogP contribution in [-0.4, -0.2) is 37.2 Å². The molecule has 1 atom stereocenters. The lowest BCUT2D eigenvalue weighted by atomic mass is 10.0. The van der Waals surface area contributed by atoms with E-state index in [4.69, 9.17) is 14.2 Å². The third kappa shape index (κ3) is 37.5. The lowest BCUT2D eigenvalue weighted by Gasteiger charge is -2.18. The Morgan fingerprint density at radius 2 is 0.551 bits per heavy atom. The third-order valence-electron chi connectivity index (χ3n) is 9.61. The summed E-state index contributed by atoms with van der Waals surface area (Å²) in [5.41, 5.74) is 0. The van der Waals surface area contributed by atoms with Crippen LogP contribution in [-0.2, 0) is 28.6 Å². The zero-order chi connectivity index (χ0) is 35.9. The quantitative estimate of drug-likeness (QED) is 0.0362. The number of carbonyl (C=O) groups is 3. The number of unbranched alkanes of at least 4 members (excludes halogenated alkanes) is 28. The minimum absolute atomic E-state index is 0.0639. The second-order valence-electron chi connectivity index (χ2n) is 14.6. The van der Waals surface area contributed by atoms with Gasteiger partial charge in [-0.15, -0.1) is 0 Å². The van der Waals surface area contributed by atoms with E-state index < -0.39 is 6.10 Å². The highest BCUT2D eigenvalue weighted by atomic mass is 16.6. The molecule has 0 aliphatic rings. The molecule has 0 saturated heterocycles. The summed E-state index contributed by atoms with van der Waals surface area (Å²) >= 11 is 0. The maximum Gasteiger partial charge on any atom is 0.306 e. The van der Waals surface area contributed by atoms with E-state index in [-0.39, 0.29) is 31.1 Å². The molecular formula is C43H82O6. The summed E-state index contributed by atoms with van der Waals surface area (Å²) in [7, 11) is 0. The largest absolute Gasteiger partial charge is 0.462 e. The highest BCUT2D eigenvalue weighted by Gasteiger charge is 2.19. The van der Waals surface area contributed by atoms with Crippen LogP contribution in [0, 0.1) is 0 Å². The fraction of sp³-hybridized carbons (Fsp3) is 0.930. The number of hydrogen-bond acceptors (Lipinski definition) is 6. The summed E-state index contributed by atoms with van der Waals surface area (Å²) in [6, 6.07) is 0. The average Bonchev–Trinajstić information content (AvgIpc) is 3.10. The van der Waals surface area contributed by atoms with Gasteiger partial charge in [-0.3, -0.25) is 14.4 Å². The van der Waals surface area contributed by atoms with Gasteiger partial charge in [0, 0.05) is 19.3 Å². The minimum Gasteiger partial charge on any atom is -0.462 e. The van der Waals surface area contributed by atoms with Gasteiger partial charge in [-0.05, 0) is 19.3 Å². The normalized spacial score (nSPS) is 11.8. The van der Waals surface area contributed by atoms with Gasteiger partial charge in [0.2, 0.25) is 0 Å². The topological polar surface area (TPSA) is 78.9 Å². The molecule has 0 bridgehead atoms. The van der Waals surface area contributed by atoms with E-state index in [2.05, 4.69) is 20.8 Å². The summed E-state index contributed by atoms with van der Waals surface area (Å²) in [5, 5.41) is 0. The molecule has 0 aromatic rings. The SMILES string of the molecule is CCCCCCCCCCCCCCCCCC(=O)O[C@H](COC(=O)CCCCCCCCC)COC(=O)CCCCCCCCCCC. The van der Waals surface area contributed by atoms with Crippen LogP contribution in [0.15, 0.2) is 0 Å². The summed E-state index contributed by atoms with van der Waals surface area (Å²) in [6.45, 7) is 6.59. The van der Waals surface area contributed by atoms with Gasteiger partial charge in [0.15, 0.2) is 6.10 Å². The fourth-order valence-corrected chi connectivity index (χ4v) is 6.32. The Balaban J connectivity index is 4.25. The van der Waals surface area contributed by atoms with Crippen molar-refractivity contribution in [3.8, 4) is 0 Å². The summed E-state index contributed by atoms with van der Waals surface area (Å²) in [6.07, 6.45) is 38.1. The highest BCUT2D eigenvalue weighted by molar-refractivity contribution is 5.71. The molecule has 290 valence electrons. The van der Waals surface area contributed by atoms with Crippen LogP contribution in [0.2, 0.25) is 0 Å². The first-order valence-corrected chi connectivity index (χ1v) is 21.5. The molecule has 0 aliphatic carbocycles. The molecule has 0 fully saturated rings. The van der Waals surface area contributed by atoms with Gasteiger partial charge < -0.3 is 14.2 Å². The Bertz CT molecular complexity index is 723. The van der Waals surface area contributed by atoms with Gasteiger partial charge in [0.25, 0.3) is 0 Å². The number of carbonyl (C=O) groups excluding carboxylic acids is 3. The van der Waals surface area contributed by atoms with Gasteiger partial charge in [-0.1, -0.05) is 201 Å². The molecule has 0 radical (unpaired) electrons. The molecule has 0 aromatic heterocycles. The molecule has 0 heterocycles. The summed E-state index contributed by atoms with van der Waals surface area (Å²) in [4.78, 5) is 37.4. The van der Waals surface area contributed by atoms with Crippen molar-refractivity contribution >= 4 is 17.9 Å². The second kappa shape index (κ2) is 39.2. The average molecular weight is 695 g/mol. The number of esters is 3. The number of ether oxygens (including phenoxy) is 3. The molecule has 6 heteroatoms. The van der Waals surface area contributed by atoms with E-state index in [0.717, 1.165) is 57.8 Å². The van der Waals surface area contributed by atoms with Crippen LogP contribution in [0.4, 0.5) is 0 Å². The fourth-order valence-electron chi connectivity index (χ4n) is 6.32. The van der Waals surface area contributed by atoms with Crippen LogP contribution >= 0.6 is 0 Å². The zero-order valence-corrected chi connectivity index (χ0v) is 33.0. The highest BCUT2D eigenvalue weighted by Crippen LogP contribution is 2.15. The molecule has 0 aliphatic heterocycles. The standard InChI is InChI=1S/C43H82O6/c1-4-7-10-13-16-18-19-20-21-22-23-25-28-31-34-37-43(46)49-40(38-47-41(44)35-32-29-26-15-12-9-6-3)39-48-42(45)36-33-30-27-24-17-14-11-8-5-2/h40H,4-39H2,1-3H3/t40-/m1/s1. The molecule has 0 aromatic carbocycles. The molecule has 0 amide bonds. The monoisotopic (exact) mass is 695 g/mol. The van der Waals surface area contributed by atoms with Crippen LogP contribution in [0.1, 0.15) is 239 Å². The molecule has 49 heavy (non-hydrogen) atoms. The molecule has 6 nitrogen and oxygen atoms in total. The maximum atomic E-state index is 12.6. The van der Waals surface area contributed by atoms with Gasteiger partial charge in [-0.2, -0.15) is 0 Å². The minimum atomic E-state index is -0.756. The second-order valence-corrected chi connectivity index (χ2v) is 14.6. The van der Waals surface area contributed by atoms with Crippen LogP contribution < -0.4 is 0 Å². The predicted octanol–water partition coefficient (Wildman–Crippen LogP) is 13.3. The van der Waals surface area contributed by atoms with Crippen molar-refractivity contribution in [2.24, 2.45) is 0 Å². The molecule has 0 rings (SSSR count). The predicted molar refractivity (Wildman–Crippen MR) is 206 cm³/mol. The lowest BCUT2D eigenvalue weighted by Crippen LogP contribution is -2.30. The Morgan fingerprint density at radius 1 is 0.327 bits per heavy atom. The number of hydrogen-bond donors (Lipinski definition) is 0. The first-order chi connectivity index (χ1) is 24.0. The third-order valence-corrected chi connectivity index (χ3v) is 9.61. The molecule has 0 saturated carbocycles. The van der Waals surface area contributed by atoms with Crippen molar-refractivity contribution in [1.82, 2.24) is 0 Å². The van der Waals surface area contributed by atoms with Crippen molar-refractivity contribution in [3.63, 3.8) is 0 Å². The van der Waals surface area contributed by atoms with E-state index in [1.165, 1.54) is 141 Å². The van der Waals surface area contributed by atoms with Crippen molar-refractivity contribution in [2.45, 2.75) is 245 Å². The number of rotatable bonds is 39. The molecule has 0 N–H and O–H groups in total. The van der Waals surface area contributed by atoms with Gasteiger partial charge >= 0.3 is 17.9 Å². The Labute approximate surface area is 304 Å². The summed E-state index contributed by atoms with van der Waals surface area (Å²) < 4.78 is 16.6. The van der Waals surface area contributed by atoms with E-state index in [1.807, 2.05) is 0 Å². The Hall–Kier alpha value is -1.59. The molecule has 0 unspecified atom stereocenters. The zero-order valence-electron chi connectivity index (χ0n) is 33.0. The first kappa shape index (κ1) is 47.4. The van der Waals surface area contributed by atoms with E-state index in [1.54, 1.807) is 0 Å². The maximum absolute atomic E-state index is 12.6. The van der Waals surface area contributed by atoms with Crippen LogP contribution in [0.25, 0.3) is 0 Å². The van der Waals surface area contributed by atoms with Gasteiger partial charge in [-0.25, -0.2) is 0 Å². The van der Waals surface area contributed by atoms with Crippen molar-refractivity contribution in [2.75, 3.05) is 13.2 Å². The van der Waals surface area contributed by atoms with E-state index in [0.29, 0.717) is 19.3 Å². The van der Waals surface area contributed by atoms with Crippen molar-refractivity contribution in [1.29, 1.82) is 0 Å². The molecular weight excluding hydrogens is 612 g/mol. The van der Waals surface area contributed by atoms with E-state index in [9.17, 15) is 14.4 Å². The lowest BCUT2D eigenvalue weighted by molar-refractivity contribution is -0.167. The smallest absolute Gasteiger partial charge is 0.306 e. The van der Waals surface area contributed by atoms with Crippen LogP contribution in [0.5, 0.6) is 0 Å². The van der Waals surface area contributed by atoms with Crippen molar-refractivity contribution < 1.29 is 28.6 Å². The molecule has 0 spiro atoms. The van der Waals surface area contributed by atoms with E-state index >= 15 is 0 Å². The van der Waals surface area contributed by atoms with Crippen molar-refractivity contribution in [3.05, 3.63) is 0 Å². The van der Waals surface area contributed by atoms with Gasteiger partial charge in [0.05, 0.1) is 0 Å². The van der Waals surface area contributed by atoms with Gasteiger partial charge in [0.1, 0.15) is 13.2 Å². The first-order valence-electron chi connectivity index (χ1n) is 21.5. The summed E-state index contributed by atoms with van der Waals surface area (Å²) in [5.74, 6) is -0.864. The Morgan fingerprint density at radius 3 is 0.816 bits per heavy atom. The Kier molecular flexibility index (Phi) is 37.9.